The molecule has 0 radical (unpaired) electrons. The summed E-state index contributed by atoms with van der Waals surface area (Å²) >= 11 is 0. The second-order valence-electron chi connectivity index (χ2n) is 2.23. The van der Waals surface area contributed by atoms with Crippen LogP contribution in [-0.4, -0.2) is 4.98 Å². The van der Waals surface area contributed by atoms with E-state index in [1.807, 2.05) is 0 Å². The molecule has 1 rings (SSSR count). The van der Waals surface area contributed by atoms with Crippen LogP contribution >= 0.6 is 0 Å². The summed E-state index contributed by atoms with van der Waals surface area (Å²) in [5.41, 5.74) is -0.349. The summed E-state index contributed by atoms with van der Waals surface area (Å²) in [6.07, 6.45) is -2.61. The molecule has 0 saturated heterocycles. The molecule has 1 heterocycles. The lowest BCUT2D eigenvalue weighted by Crippen LogP contribution is -2.11. The van der Waals surface area contributed by atoms with Crippen molar-refractivity contribution in [3.63, 3.8) is 0 Å². The number of rotatable bonds is 1. The van der Waals surface area contributed by atoms with Gasteiger partial charge < -0.3 is 4.98 Å². The summed E-state index contributed by atoms with van der Waals surface area (Å²) < 4.78 is 23.8. The Morgan fingerprint density at radius 2 is 2.09 bits per heavy atom. The van der Waals surface area contributed by atoms with Gasteiger partial charge in [0.25, 0.3) is 12.0 Å². The fraction of sp³-hybridized carbons (Fsp3) is 0.286. The minimum atomic E-state index is -2.61. The normalized spacial score (nSPS) is 10.5. The number of aryl methyl sites for hydroxylation is 1. The van der Waals surface area contributed by atoms with E-state index in [1.54, 1.807) is 6.92 Å². The SMILES string of the molecule is Cc1ccc(C(F)F)[nH]c1=O. The molecule has 0 aliphatic rings. The monoisotopic (exact) mass is 159 g/mol. The molecule has 0 atom stereocenters. The first kappa shape index (κ1) is 7.91. The number of hydrogen-bond donors (Lipinski definition) is 1. The fourth-order valence-corrected chi connectivity index (χ4v) is 0.689. The van der Waals surface area contributed by atoms with Gasteiger partial charge in [-0.3, -0.25) is 4.79 Å². The van der Waals surface area contributed by atoms with Gasteiger partial charge in [0.1, 0.15) is 0 Å². The largest absolute Gasteiger partial charge is 0.321 e. The maximum absolute atomic E-state index is 11.9. The van der Waals surface area contributed by atoms with E-state index in [4.69, 9.17) is 0 Å². The van der Waals surface area contributed by atoms with Crippen LogP contribution < -0.4 is 5.56 Å². The Balaban J connectivity index is 3.16. The highest BCUT2D eigenvalue weighted by Gasteiger charge is 2.07. The smallest absolute Gasteiger partial charge is 0.278 e. The Morgan fingerprint density at radius 1 is 1.45 bits per heavy atom. The van der Waals surface area contributed by atoms with Crippen LogP contribution in [0.15, 0.2) is 16.9 Å². The van der Waals surface area contributed by atoms with Crippen LogP contribution in [-0.2, 0) is 0 Å². The van der Waals surface area contributed by atoms with Crippen LogP contribution in [0.2, 0.25) is 0 Å². The first-order valence-electron chi connectivity index (χ1n) is 3.09. The fourth-order valence-electron chi connectivity index (χ4n) is 0.689. The molecule has 0 amide bonds. The van der Waals surface area contributed by atoms with Crippen LogP contribution in [0.4, 0.5) is 8.78 Å². The molecule has 2 nitrogen and oxygen atoms in total. The molecule has 0 saturated carbocycles. The third-order valence-corrected chi connectivity index (χ3v) is 1.36. The summed E-state index contributed by atoms with van der Waals surface area (Å²) in [4.78, 5) is 12.8. The quantitative estimate of drug-likeness (QED) is 0.663. The molecular formula is C7H7F2NO. The number of nitrogens with one attached hydrogen (secondary N) is 1. The van der Waals surface area contributed by atoms with Crippen molar-refractivity contribution in [2.24, 2.45) is 0 Å². The van der Waals surface area contributed by atoms with Crippen LogP contribution in [0.5, 0.6) is 0 Å². The lowest BCUT2D eigenvalue weighted by atomic mass is 10.3. The predicted molar refractivity (Wildman–Crippen MR) is 36.8 cm³/mol. The molecular weight excluding hydrogens is 152 g/mol. The molecule has 1 aromatic heterocycles. The minimum Gasteiger partial charge on any atom is -0.321 e. The molecule has 4 heteroatoms. The molecule has 0 spiro atoms. The summed E-state index contributed by atoms with van der Waals surface area (Å²) in [7, 11) is 0. The molecule has 0 aliphatic heterocycles. The van der Waals surface area contributed by atoms with E-state index >= 15 is 0 Å². The Kier molecular flexibility index (Phi) is 2.03. The molecule has 1 N–H and O–H groups in total. The van der Waals surface area contributed by atoms with Crippen molar-refractivity contribution in [3.05, 3.63) is 33.7 Å². The maximum Gasteiger partial charge on any atom is 0.278 e. The van der Waals surface area contributed by atoms with Crippen molar-refractivity contribution in [1.82, 2.24) is 4.98 Å². The highest BCUT2D eigenvalue weighted by Crippen LogP contribution is 2.13. The summed E-state index contributed by atoms with van der Waals surface area (Å²) in [5.74, 6) is 0. The molecule has 60 valence electrons. The molecule has 1 aromatic rings. The van der Waals surface area contributed by atoms with E-state index < -0.39 is 12.0 Å². The van der Waals surface area contributed by atoms with Crippen molar-refractivity contribution < 1.29 is 8.78 Å². The number of halogens is 2. The van der Waals surface area contributed by atoms with Gasteiger partial charge in [-0.15, -0.1) is 0 Å². The number of hydrogen-bond acceptors (Lipinski definition) is 1. The average Bonchev–Trinajstić information content (AvgIpc) is 1.94. The van der Waals surface area contributed by atoms with Gasteiger partial charge in [0, 0.05) is 5.56 Å². The number of aromatic amines is 1. The summed E-state index contributed by atoms with van der Waals surface area (Å²) in [6.45, 7) is 1.56. The third kappa shape index (κ3) is 1.63. The molecule has 0 fully saturated rings. The van der Waals surface area contributed by atoms with Gasteiger partial charge in [-0.25, -0.2) is 8.78 Å². The van der Waals surface area contributed by atoms with Crippen LogP contribution in [0.1, 0.15) is 17.7 Å². The van der Waals surface area contributed by atoms with E-state index in [0.717, 1.165) is 0 Å². The van der Waals surface area contributed by atoms with E-state index in [0.29, 0.717) is 5.56 Å². The predicted octanol–water partition coefficient (Wildman–Crippen LogP) is 1.62. The Hall–Kier alpha value is -1.19. The number of H-pyrrole nitrogens is 1. The Bertz CT molecular complexity index is 306. The van der Waals surface area contributed by atoms with Crippen LogP contribution in [0.3, 0.4) is 0 Å². The van der Waals surface area contributed by atoms with Gasteiger partial charge in [0.05, 0.1) is 5.69 Å². The van der Waals surface area contributed by atoms with E-state index in [1.165, 1.54) is 12.1 Å². The lowest BCUT2D eigenvalue weighted by molar-refractivity contribution is 0.146. The molecule has 0 bridgehead atoms. The van der Waals surface area contributed by atoms with Crippen molar-refractivity contribution in [2.45, 2.75) is 13.3 Å². The molecule has 0 aromatic carbocycles. The Labute approximate surface area is 61.9 Å². The van der Waals surface area contributed by atoms with Crippen LogP contribution in [0.25, 0.3) is 0 Å². The zero-order valence-electron chi connectivity index (χ0n) is 5.90. The zero-order chi connectivity index (χ0) is 8.43. The van der Waals surface area contributed by atoms with E-state index in [9.17, 15) is 13.6 Å². The Morgan fingerprint density at radius 3 is 2.55 bits per heavy atom. The maximum atomic E-state index is 11.9. The molecule has 0 aliphatic carbocycles. The highest BCUT2D eigenvalue weighted by molar-refractivity contribution is 5.13. The zero-order valence-corrected chi connectivity index (χ0v) is 5.90. The molecule has 11 heavy (non-hydrogen) atoms. The first-order valence-corrected chi connectivity index (χ1v) is 3.09. The van der Waals surface area contributed by atoms with Gasteiger partial charge in [-0.1, -0.05) is 6.07 Å². The second-order valence-corrected chi connectivity index (χ2v) is 2.23. The second kappa shape index (κ2) is 2.82. The van der Waals surface area contributed by atoms with Gasteiger partial charge in [0.2, 0.25) is 0 Å². The van der Waals surface area contributed by atoms with Crippen molar-refractivity contribution >= 4 is 0 Å². The minimum absolute atomic E-state index is 0.333. The lowest BCUT2D eigenvalue weighted by Gasteiger charge is -1.98. The standard InChI is InChI=1S/C7H7F2NO/c1-4-2-3-5(6(8)9)10-7(4)11/h2-3,6H,1H3,(H,10,11). The third-order valence-electron chi connectivity index (χ3n) is 1.36. The van der Waals surface area contributed by atoms with E-state index in [-0.39, 0.29) is 5.69 Å². The van der Waals surface area contributed by atoms with Gasteiger partial charge in [-0.05, 0) is 13.0 Å². The van der Waals surface area contributed by atoms with Gasteiger partial charge in [-0.2, -0.15) is 0 Å². The highest BCUT2D eigenvalue weighted by atomic mass is 19.3. The van der Waals surface area contributed by atoms with Gasteiger partial charge >= 0.3 is 0 Å². The van der Waals surface area contributed by atoms with Crippen LogP contribution in [0, 0.1) is 6.92 Å². The van der Waals surface area contributed by atoms with Crippen molar-refractivity contribution in [3.8, 4) is 0 Å². The number of pyridine rings is 1. The van der Waals surface area contributed by atoms with Gasteiger partial charge in [0.15, 0.2) is 0 Å². The van der Waals surface area contributed by atoms with E-state index in [2.05, 4.69) is 4.98 Å². The number of aromatic nitrogens is 1. The topological polar surface area (TPSA) is 32.9 Å². The first-order chi connectivity index (χ1) is 5.11. The van der Waals surface area contributed by atoms with Crippen molar-refractivity contribution in [1.29, 1.82) is 0 Å². The summed E-state index contributed by atoms with van der Waals surface area (Å²) in [5, 5.41) is 0. The summed E-state index contributed by atoms with van der Waals surface area (Å²) in [6, 6.07) is 2.59. The molecule has 0 unspecified atom stereocenters. The number of alkyl halides is 2. The average molecular weight is 159 g/mol. The van der Waals surface area contributed by atoms with Crippen molar-refractivity contribution in [2.75, 3.05) is 0 Å².